The van der Waals surface area contributed by atoms with E-state index in [1.807, 2.05) is 4.90 Å². The van der Waals surface area contributed by atoms with Gasteiger partial charge in [-0.1, -0.05) is 11.6 Å². The highest BCUT2D eigenvalue weighted by atomic mass is 35.5. The van der Waals surface area contributed by atoms with Gasteiger partial charge in [-0.25, -0.2) is 18.1 Å². The zero-order chi connectivity index (χ0) is 31.8. The molecule has 0 spiro atoms. The van der Waals surface area contributed by atoms with Crippen LogP contribution < -0.4 is 11.1 Å². The van der Waals surface area contributed by atoms with Crippen LogP contribution in [0.2, 0.25) is 5.02 Å². The minimum atomic E-state index is -4.92. The van der Waals surface area contributed by atoms with E-state index in [4.69, 9.17) is 17.3 Å². The van der Waals surface area contributed by atoms with Crippen molar-refractivity contribution < 1.29 is 31.5 Å². The molecule has 3 heterocycles. The Morgan fingerprint density at radius 1 is 1.18 bits per heavy atom. The van der Waals surface area contributed by atoms with E-state index in [1.54, 1.807) is 18.2 Å². The molecule has 2 fully saturated rings. The first-order chi connectivity index (χ1) is 20.8. The van der Waals surface area contributed by atoms with Gasteiger partial charge in [0.15, 0.2) is 11.5 Å². The Morgan fingerprint density at radius 2 is 1.91 bits per heavy atom. The highest BCUT2D eigenvalue weighted by Gasteiger charge is 2.39. The van der Waals surface area contributed by atoms with Crippen LogP contribution in [0.3, 0.4) is 0 Å². The predicted octanol–water partition coefficient (Wildman–Crippen LogP) is 4.75. The topological polar surface area (TPSA) is 114 Å². The van der Waals surface area contributed by atoms with Crippen molar-refractivity contribution in [3.05, 3.63) is 47.1 Å². The van der Waals surface area contributed by atoms with Crippen molar-refractivity contribution in [2.75, 3.05) is 31.5 Å². The van der Waals surface area contributed by atoms with Gasteiger partial charge in [-0.15, -0.1) is 0 Å². The van der Waals surface area contributed by atoms with Crippen LogP contribution in [0.15, 0.2) is 35.5 Å². The number of rotatable bonds is 8. The molecule has 5 rings (SSSR count). The number of halogens is 6. The molecule has 1 saturated carbocycles. The van der Waals surface area contributed by atoms with Crippen LogP contribution in [0.1, 0.15) is 35.6 Å². The summed E-state index contributed by atoms with van der Waals surface area (Å²) in [6.07, 6.45) is -3.46. The molecule has 44 heavy (non-hydrogen) atoms. The van der Waals surface area contributed by atoms with Crippen LogP contribution in [0.5, 0.6) is 0 Å². The zero-order valence-electron chi connectivity index (χ0n) is 23.5. The van der Waals surface area contributed by atoms with Gasteiger partial charge in [0.2, 0.25) is 5.91 Å². The molecule has 238 valence electrons. The fraction of sp³-hybridized carbons (Fsp3) is 0.481. The Labute approximate surface area is 258 Å². The molecule has 0 unspecified atom stereocenters. The van der Waals surface area contributed by atoms with Crippen LogP contribution in [0, 0.1) is 5.92 Å². The van der Waals surface area contributed by atoms with Crippen molar-refractivity contribution in [1.29, 1.82) is 0 Å². The molecule has 10 nitrogen and oxygen atoms in total. The fourth-order valence-electron chi connectivity index (χ4n) is 5.40. The summed E-state index contributed by atoms with van der Waals surface area (Å²) in [6.45, 7) is 1.50. The molecular formula is C27H30ClF5N8O2S. The molecule has 3 aromatic rings. The van der Waals surface area contributed by atoms with Crippen LogP contribution in [-0.2, 0) is 24.6 Å². The van der Waals surface area contributed by atoms with Gasteiger partial charge in [-0.2, -0.15) is 18.3 Å². The van der Waals surface area contributed by atoms with Crippen molar-refractivity contribution in [1.82, 2.24) is 28.5 Å². The maximum absolute atomic E-state index is 13.6. The van der Waals surface area contributed by atoms with Crippen LogP contribution in [0.4, 0.5) is 27.6 Å². The number of carbonyl (C=O) groups excluding carboxylic acids is 2. The molecular weight excluding hydrogens is 631 g/mol. The average Bonchev–Trinajstić information content (AvgIpc) is 3.68. The normalized spacial score (nSPS) is 19.6. The lowest BCUT2D eigenvalue weighted by molar-refractivity contribution is -0.141. The SMILES string of the molecule is Cn1c(-c2cn(CC(F)F)nc2C(F)(F)F)cnc1C(=O)Nc1ccc(SN2CCN(C(=O)[C@H]3CC[C@@H](N)C3)CC2)c(Cl)c1. The van der Waals surface area contributed by atoms with Crippen molar-refractivity contribution >= 4 is 41.1 Å². The van der Waals surface area contributed by atoms with Gasteiger partial charge < -0.3 is 20.5 Å². The summed E-state index contributed by atoms with van der Waals surface area (Å²) in [5.74, 6) is -0.750. The number of imidazole rings is 1. The lowest BCUT2D eigenvalue weighted by atomic mass is 10.1. The number of benzene rings is 1. The lowest BCUT2D eigenvalue weighted by Crippen LogP contribution is -2.48. The molecule has 0 bridgehead atoms. The summed E-state index contributed by atoms with van der Waals surface area (Å²) in [6, 6.07) is 5.01. The third-order valence-electron chi connectivity index (χ3n) is 7.61. The molecule has 2 amide bonds. The first-order valence-corrected chi connectivity index (χ1v) is 15.0. The Bertz CT molecular complexity index is 1520. The molecule has 2 aliphatic rings. The summed E-state index contributed by atoms with van der Waals surface area (Å²) < 4.78 is 70.1. The van der Waals surface area contributed by atoms with Gasteiger partial charge in [-0.3, -0.25) is 14.3 Å². The minimum absolute atomic E-state index is 0.00746. The number of anilines is 1. The standard InChI is InChI=1S/C27H30ClF5N8O2S/c1-38-20(18-13-40(14-22(29)30)37-23(18)27(31,32)33)12-35-24(38)25(42)36-17-4-5-21(19(28)11-17)44-41-8-6-39(7-9-41)26(43)15-2-3-16(34)10-15/h4-5,11-13,15-16,22H,2-3,6-10,14,34H2,1H3,(H,36,42)/t15-,16+/m0/s1. The summed E-state index contributed by atoms with van der Waals surface area (Å²) in [5.41, 5.74) is 4.33. The second kappa shape index (κ2) is 13.0. The molecule has 0 radical (unpaired) electrons. The first kappa shape index (κ1) is 32.2. The van der Waals surface area contributed by atoms with Crippen molar-refractivity contribution in [3.8, 4) is 11.3 Å². The van der Waals surface area contributed by atoms with Gasteiger partial charge in [0.05, 0.1) is 22.5 Å². The maximum Gasteiger partial charge on any atom is 0.435 e. The summed E-state index contributed by atoms with van der Waals surface area (Å²) in [5, 5.41) is 6.28. The Kier molecular flexibility index (Phi) is 9.53. The second-order valence-corrected chi connectivity index (χ2v) is 12.3. The second-order valence-electron chi connectivity index (χ2n) is 10.7. The quantitative estimate of drug-likeness (QED) is 0.265. The lowest BCUT2D eigenvalue weighted by Gasteiger charge is -2.35. The van der Waals surface area contributed by atoms with Crippen LogP contribution in [-0.4, -0.2) is 79.0 Å². The maximum atomic E-state index is 13.6. The van der Waals surface area contributed by atoms with E-state index in [0.717, 1.165) is 41.1 Å². The van der Waals surface area contributed by atoms with E-state index in [0.29, 0.717) is 41.6 Å². The van der Waals surface area contributed by atoms with E-state index >= 15 is 0 Å². The van der Waals surface area contributed by atoms with Crippen LogP contribution >= 0.6 is 23.5 Å². The third kappa shape index (κ3) is 7.19. The number of nitrogens with one attached hydrogen (secondary N) is 1. The highest BCUT2D eigenvalue weighted by Crippen LogP contribution is 2.37. The molecule has 1 aliphatic heterocycles. The number of amides is 2. The van der Waals surface area contributed by atoms with Gasteiger partial charge in [0.25, 0.3) is 12.3 Å². The molecule has 1 aliphatic carbocycles. The van der Waals surface area contributed by atoms with Gasteiger partial charge >= 0.3 is 6.18 Å². The zero-order valence-corrected chi connectivity index (χ0v) is 25.1. The third-order valence-corrected chi connectivity index (χ3v) is 9.21. The molecule has 2 aromatic heterocycles. The molecule has 1 saturated heterocycles. The van der Waals surface area contributed by atoms with Crippen molar-refractivity contribution in [2.24, 2.45) is 18.7 Å². The number of piperazine rings is 1. The fourth-order valence-corrected chi connectivity index (χ4v) is 6.58. The van der Waals surface area contributed by atoms with E-state index in [9.17, 15) is 31.5 Å². The van der Waals surface area contributed by atoms with E-state index in [-0.39, 0.29) is 29.4 Å². The minimum Gasteiger partial charge on any atom is -0.340 e. The van der Waals surface area contributed by atoms with E-state index in [1.165, 1.54) is 19.0 Å². The van der Waals surface area contributed by atoms with Crippen LogP contribution in [0.25, 0.3) is 11.3 Å². The molecule has 3 N–H and O–H groups in total. The largest absolute Gasteiger partial charge is 0.435 e. The number of hydrogen-bond acceptors (Lipinski definition) is 7. The Hall–Kier alpha value is -3.21. The molecule has 2 atom stereocenters. The summed E-state index contributed by atoms with van der Waals surface area (Å²) >= 11 is 7.95. The predicted molar refractivity (Wildman–Crippen MR) is 154 cm³/mol. The van der Waals surface area contributed by atoms with E-state index in [2.05, 4.69) is 19.7 Å². The van der Waals surface area contributed by atoms with Gasteiger partial charge in [0.1, 0.15) is 6.54 Å². The highest BCUT2D eigenvalue weighted by molar-refractivity contribution is 7.97. The number of hydrogen-bond donors (Lipinski definition) is 2. The van der Waals surface area contributed by atoms with Crippen molar-refractivity contribution in [3.63, 3.8) is 0 Å². The smallest absolute Gasteiger partial charge is 0.340 e. The van der Waals surface area contributed by atoms with Crippen molar-refractivity contribution in [2.45, 2.75) is 49.3 Å². The average molecular weight is 661 g/mol. The number of nitrogens with zero attached hydrogens (tertiary/aromatic N) is 6. The number of alkyl halides is 5. The van der Waals surface area contributed by atoms with Gasteiger partial charge in [0, 0.05) is 62.0 Å². The molecule has 17 heteroatoms. The summed E-state index contributed by atoms with van der Waals surface area (Å²) in [7, 11) is 1.34. The summed E-state index contributed by atoms with van der Waals surface area (Å²) in [4.78, 5) is 32.4. The first-order valence-electron chi connectivity index (χ1n) is 13.8. The Morgan fingerprint density at radius 3 is 2.52 bits per heavy atom. The monoisotopic (exact) mass is 660 g/mol. The van der Waals surface area contributed by atoms with Gasteiger partial charge in [-0.05, 0) is 49.4 Å². The Balaban J connectivity index is 1.21. The molecule has 1 aromatic carbocycles. The number of carbonyl (C=O) groups is 2. The number of aromatic nitrogens is 4. The van der Waals surface area contributed by atoms with E-state index < -0.39 is 36.3 Å². The number of nitrogens with two attached hydrogens (primary N) is 1.